The van der Waals surface area contributed by atoms with Crippen molar-refractivity contribution in [3.8, 4) is 17.2 Å². The van der Waals surface area contributed by atoms with Crippen LogP contribution in [0.4, 0.5) is 0 Å². The Kier molecular flexibility index (Phi) is 10.4. The largest absolute Gasteiger partial charge is 1.00 e. The molecule has 0 radical (unpaired) electrons. The van der Waals surface area contributed by atoms with Gasteiger partial charge >= 0.3 is 29.6 Å². The Hall–Kier alpha value is -1.05. The maximum absolute atomic E-state index is 12.1. The number of rotatable bonds is 10. The van der Waals surface area contributed by atoms with Crippen molar-refractivity contribution in [3.05, 3.63) is 48.0 Å². The first-order chi connectivity index (χ1) is 12.4. The summed E-state index contributed by atoms with van der Waals surface area (Å²) in [6.07, 6.45) is 8.48. The van der Waals surface area contributed by atoms with Crippen molar-refractivity contribution in [2.24, 2.45) is 0 Å². The Morgan fingerprint density at radius 3 is 2.22 bits per heavy atom. The van der Waals surface area contributed by atoms with Crippen LogP contribution in [0.25, 0.3) is 0 Å². The Morgan fingerprint density at radius 1 is 0.963 bits per heavy atom. The number of para-hydroxylation sites is 1. The van der Waals surface area contributed by atoms with Crippen molar-refractivity contribution >= 4 is 10.1 Å². The summed E-state index contributed by atoms with van der Waals surface area (Å²) in [6.45, 7) is 2.21. The normalized spacial score (nSPS) is 11.0. The molecule has 0 bridgehead atoms. The number of hydrogen-bond donors (Lipinski definition) is 1. The van der Waals surface area contributed by atoms with Crippen molar-refractivity contribution in [3.63, 3.8) is 0 Å². The third-order valence-electron chi connectivity index (χ3n) is 4.19. The van der Waals surface area contributed by atoms with E-state index in [9.17, 15) is 13.5 Å². The number of hydrogen-bond acceptors (Lipinski definition) is 4. The molecule has 27 heavy (non-hydrogen) atoms. The van der Waals surface area contributed by atoms with E-state index in [0.29, 0.717) is 5.75 Å². The number of aryl methyl sites for hydroxylation is 1. The van der Waals surface area contributed by atoms with Crippen LogP contribution in [0.3, 0.4) is 0 Å². The molecule has 2 rings (SSSR count). The van der Waals surface area contributed by atoms with Crippen LogP contribution in [-0.2, 0) is 16.5 Å². The van der Waals surface area contributed by atoms with Crippen LogP contribution >= 0.6 is 0 Å². The van der Waals surface area contributed by atoms with Crippen LogP contribution in [-0.4, -0.2) is 13.0 Å². The first-order valence-electron chi connectivity index (χ1n) is 8.96. The second-order valence-electron chi connectivity index (χ2n) is 6.32. The molecule has 2 aromatic rings. The van der Waals surface area contributed by atoms with Crippen LogP contribution in [0, 0.1) is 0 Å². The molecule has 0 heterocycles. The molecule has 0 amide bonds. The minimum atomic E-state index is -4.57. The van der Waals surface area contributed by atoms with Gasteiger partial charge in [-0.2, -0.15) is 8.42 Å². The molecular formula is C20H25NaO5S. The summed E-state index contributed by atoms with van der Waals surface area (Å²) < 4.78 is 36.9. The molecule has 142 valence electrons. The van der Waals surface area contributed by atoms with Gasteiger partial charge in [0.1, 0.15) is 11.5 Å². The van der Waals surface area contributed by atoms with Gasteiger partial charge in [0.15, 0.2) is 0 Å². The second-order valence-corrected chi connectivity index (χ2v) is 7.71. The minimum absolute atomic E-state index is 0. The van der Waals surface area contributed by atoms with Gasteiger partial charge < -0.3 is 9.84 Å². The predicted octanol–water partition coefficient (Wildman–Crippen LogP) is 1.71. The summed E-state index contributed by atoms with van der Waals surface area (Å²) in [6, 6.07) is 11.2. The maximum atomic E-state index is 12.1. The standard InChI is InChI=1S/C20H26O5S.Na/c1-2-3-4-5-6-7-9-16-12-14-17(15-13-16)25-18-10-8-11-19(20(18)21)26(22,23)24;/h8,10-15,21H,2-7,9H2,1H3,(H,22,23,24);/q;+1/p-1. The van der Waals surface area contributed by atoms with Gasteiger partial charge in [0, 0.05) is 0 Å². The average Bonchev–Trinajstić information content (AvgIpc) is 2.60. The molecule has 0 aliphatic rings. The van der Waals surface area contributed by atoms with Crippen LogP contribution in [0.15, 0.2) is 47.4 Å². The molecule has 0 atom stereocenters. The van der Waals surface area contributed by atoms with Crippen molar-refractivity contribution < 1.29 is 52.4 Å². The molecule has 2 aromatic carbocycles. The molecular weight excluding hydrogens is 375 g/mol. The van der Waals surface area contributed by atoms with Crippen molar-refractivity contribution in [1.82, 2.24) is 0 Å². The van der Waals surface area contributed by atoms with E-state index in [2.05, 4.69) is 6.92 Å². The maximum Gasteiger partial charge on any atom is 1.00 e. The Bertz CT molecular complexity index is 804. The summed E-state index contributed by atoms with van der Waals surface area (Å²) in [5.74, 6) is -0.545. The SMILES string of the molecule is CCCCCCCCc1ccc(Oc2cccc(S(=O)(=O)O)c2[O-])cc1.[Na+]. The first kappa shape index (κ1) is 24.0. The smallest absolute Gasteiger partial charge is 0.869 e. The topological polar surface area (TPSA) is 86.7 Å². The molecule has 0 fully saturated rings. The Labute approximate surface area is 183 Å². The molecule has 0 aliphatic heterocycles. The van der Waals surface area contributed by atoms with Crippen molar-refractivity contribution in [2.45, 2.75) is 56.8 Å². The molecule has 0 saturated heterocycles. The third kappa shape index (κ3) is 7.84. The van der Waals surface area contributed by atoms with Crippen molar-refractivity contribution in [1.29, 1.82) is 0 Å². The fourth-order valence-electron chi connectivity index (χ4n) is 2.74. The molecule has 0 spiro atoms. The van der Waals surface area contributed by atoms with E-state index < -0.39 is 20.8 Å². The van der Waals surface area contributed by atoms with Gasteiger partial charge in [-0.25, -0.2) is 0 Å². The fraction of sp³-hybridized carbons (Fsp3) is 0.400. The molecule has 7 heteroatoms. The number of benzene rings is 2. The van der Waals surface area contributed by atoms with Gasteiger partial charge in [-0.3, -0.25) is 4.55 Å². The van der Waals surface area contributed by atoms with Crippen LogP contribution in [0.1, 0.15) is 51.0 Å². The molecule has 1 N–H and O–H groups in total. The number of unbranched alkanes of at least 4 members (excludes halogenated alkanes) is 5. The van der Waals surface area contributed by atoms with E-state index in [1.165, 1.54) is 49.8 Å². The molecule has 0 aromatic heterocycles. The minimum Gasteiger partial charge on any atom is -0.869 e. The van der Waals surface area contributed by atoms with Gasteiger partial charge in [-0.15, -0.1) is 0 Å². The van der Waals surface area contributed by atoms with Gasteiger partial charge in [0.2, 0.25) is 0 Å². The van der Waals surface area contributed by atoms with E-state index in [1.807, 2.05) is 12.1 Å². The van der Waals surface area contributed by atoms with E-state index >= 15 is 0 Å². The van der Waals surface area contributed by atoms with E-state index in [0.717, 1.165) is 18.9 Å². The number of ether oxygens (including phenoxy) is 1. The van der Waals surface area contributed by atoms with E-state index in [4.69, 9.17) is 9.29 Å². The molecule has 5 nitrogen and oxygen atoms in total. The monoisotopic (exact) mass is 400 g/mol. The fourth-order valence-corrected chi connectivity index (χ4v) is 3.33. The van der Waals surface area contributed by atoms with Crippen molar-refractivity contribution in [2.75, 3.05) is 0 Å². The second kappa shape index (κ2) is 11.7. The first-order valence-corrected chi connectivity index (χ1v) is 10.4. The van der Waals surface area contributed by atoms with Gasteiger partial charge in [0.25, 0.3) is 10.1 Å². The Balaban J connectivity index is 0.00000364. The van der Waals surface area contributed by atoms with Crippen LogP contribution in [0.2, 0.25) is 0 Å². The molecule has 0 saturated carbocycles. The average molecular weight is 400 g/mol. The van der Waals surface area contributed by atoms with E-state index in [1.54, 1.807) is 12.1 Å². The zero-order chi connectivity index (χ0) is 19.0. The summed E-state index contributed by atoms with van der Waals surface area (Å²) in [5.41, 5.74) is 1.20. The zero-order valence-electron chi connectivity index (χ0n) is 16.0. The van der Waals surface area contributed by atoms with Gasteiger partial charge in [0.05, 0.1) is 4.90 Å². The summed E-state index contributed by atoms with van der Waals surface area (Å²) in [4.78, 5) is -0.685. The zero-order valence-corrected chi connectivity index (χ0v) is 18.8. The van der Waals surface area contributed by atoms with E-state index in [-0.39, 0.29) is 35.3 Å². The quantitative estimate of drug-likeness (QED) is 0.373. The summed E-state index contributed by atoms with van der Waals surface area (Å²) in [7, 11) is -4.57. The third-order valence-corrected chi connectivity index (χ3v) is 5.07. The Morgan fingerprint density at radius 2 is 1.59 bits per heavy atom. The van der Waals surface area contributed by atoms with Gasteiger partial charge in [-0.1, -0.05) is 57.2 Å². The van der Waals surface area contributed by atoms with Crippen LogP contribution < -0.4 is 39.4 Å². The van der Waals surface area contributed by atoms with Crippen LogP contribution in [0.5, 0.6) is 17.2 Å². The summed E-state index contributed by atoms with van der Waals surface area (Å²) >= 11 is 0. The van der Waals surface area contributed by atoms with Gasteiger partial charge in [-0.05, 0) is 48.4 Å². The molecule has 0 unspecified atom stereocenters. The summed E-state index contributed by atoms with van der Waals surface area (Å²) in [5, 5.41) is 12.1. The molecule has 0 aliphatic carbocycles. The predicted molar refractivity (Wildman–Crippen MR) is 99.3 cm³/mol.